The number of guanidine groups is 1. The average Bonchev–Trinajstić information content (AvgIpc) is 3.12. The Morgan fingerprint density at radius 3 is 2.42 bits per heavy atom. The van der Waals surface area contributed by atoms with Crippen LogP contribution in [0.5, 0.6) is 5.75 Å². The Morgan fingerprint density at radius 2 is 1.74 bits per heavy atom. The number of likely N-dealkylation sites (N-methyl/N-ethyl adjacent to an activating group) is 2. The molecule has 2 aromatic rings. The maximum absolute atomic E-state index is 12.9. The number of hydrazone groups is 1. The molecule has 1 atom stereocenters. The summed E-state index contributed by atoms with van der Waals surface area (Å²) in [4.78, 5) is 29.6. The fourth-order valence-corrected chi connectivity index (χ4v) is 3.47. The molecule has 2 heterocycles. The summed E-state index contributed by atoms with van der Waals surface area (Å²) in [5.41, 5.74) is 5.83. The van der Waals surface area contributed by atoms with Crippen molar-refractivity contribution in [2.75, 3.05) is 14.1 Å². The minimum absolute atomic E-state index is 0.172. The number of imide groups is 1. The van der Waals surface area contributed by atoms with Crippen molar-refractivity contribution in [3.63, 3.8) is 0 Å². The molecule has 4 rings (SSSR count). The molecule has 0 bridgehead atoms. The van der Waals surface area contributed by atoms with Gasteiger partial charge in [0.1, 0.15) is 5.75 Å². The van der Waals surface area contributed by atoms with Crippen molar-refractivity contribution in [3.05, 3.63) is 65.2 Å². The topological polar surface area (TPSA) is 103 Å². The minimum atomic E-state index is -0.722. The van der Waals surface area contributed by atoms with Crippen LogP contribution < -0.4 is 10.1 Å². The van der Waals surface area contributed by atoms with Crippen LogP contribution in [-0.2, 0) is 11.3 Å². The Balaban J connectivity index is 1.63. The third-order valence-electron chi connectivity index (χ3n) is 5.28. The molecule has 1 fully saturated rings. The highest BCUT2D eigenvalue weighted by atomic mass is 16.3. The Bertz CT molecular complexity index is 1120. The predicted octanol–water partition coefficient (Wildman–Crippen LogP) is 0.854. The lowest BCUT2D eigenvalue weighted by Gasteiger charge is -2.31. The van der Waals surface area contributed by atoms with Gasteiger partial charge in [-0.05, 0) is 42.3 Å². The van der Waals surface area contributed by atoms with E-state index < -0.39 is 12.1 Å². The molecule has 9 heteroatoms. The van der Waals surface area contributed by atoms with Gasteiger partial charge in [-0.15, -0.1) is 5.10 Å². The molecule has 9 nitrogen and oxygen atoms in total. The fraction of sp³-hybridized carbons (Fsp3) is 0.227. The van der Waals surface area contributed by atoms with Crippen LogP contribution in [0.15, 0.2) is 53.6 Å². The van der Waals surface area contributed by atoms with Crippen molar-refractivity contribution in [1.29, 1.82) is 0 Å². The molecule has 1 saturated heterocycles. The molecular formula is C22H23N6O3+. The number of nitrogens with zero attached hydrogens (tertiary/aromatic N) is 5. The summed E-state index contributed by atoms with van der Waals surface area (Å²) in [6.45, 7) is 2.43. The lowest BCUT2D eigenvalue weighted by atomic mass is 10.1. The third kappa shape index (κ3) is 3.86. The van der Waals surface area contributed by atoms with Crippen LogP contribution in [0.4, 0.5) is 4.79 Å². The van der Waals surface area contributed by atoms with Crippen LogP contribution in [-0.4, -0.2) is 69.9 Å². The molecule has 31 heavy (non-hydrogen) atoms. The number of urea groups is 1. The molecule has 1 unspecified atom stereocenters. The summed E-state index contributed by atoms with van der Waals surface area (Å²) in [5, 5.41) is 13.6. The zero-order valence-electron chi connectivity index (χ0n) is 17.5. The molecule has 0 saturated carbocycles. The van der Waals surface area contributed by atoms with Crippen LogP contribution >= 0.6 is 0 Å². The van der Waals surface area contributed by atoms with Gasteiger partial charge in [0, 0.05) is 7.05 Å². The van der Waals surface area contributed by atoms with Crippen molar-refractivity contribution in [2.45, 2.75) is 19.5 Å². The highest BCUT2D eigenvalue weighted by Crippen LogP contribution is 2.20. The number of carbonyl (C=O) groups excluding carboxylic acids is 2. The van der Waals surface area contributed by atoms with Crippen molar-refractivity contribution in [3.8, 4) is 5.75 Å². The van der Waals surface area contributed by atoms with E-state index >= 15 is 0 Å². The van der Waals surface area contributed by atoms with Gasteiger partial charge in [-0.3, -0.25) is 9.69 Å². The largest absolute Gasteiger partial charge is 0.508 e. The van der Waals surface area contributed by atoms with E-state index in [1.807, 2.05) is 31.2 Å². The molecule has 2 aliphatic heterocycles. The Hall–Kier alpha value is -4.10. The second-order valence-corrected chi connectivity index (χ2v) is 7.51. The molecule has 0 aliphatic carbocycles. The normalized spacial score (nSPS) is 18.4. The average molecular weight is 419 g/mol. The lowest BCUT2D eigenvalue weighted by molar-refractivity contribution is -0.130. The number of phenolic OH excluding ortho intramolecular Hbond substituents is 1. The van der Waals surface area contributed by atoms with Crippen LogP contribution in [0.3, 0.4) is 0 Å². The van der Waals surface area contributed by atoms with Gasteiger partial charge < -0.3 is 5.11 Å². The number of amides is 3. The first-order valence-corrected chi connectivity index (χ1v) is 9.76. The molecule has 0 spiro atoms. The zero-order chi connectivity index (χ0) is 22.1. The van der Waals surface area contributed by atoms with Crippen molar-refractivity contribution >= 4 is 29.9 Å². The van der Waals surface area contributed by atoms with E-state index in [1.165, 1.54) is 11.9 Å². The van der Waals surface area contributed by atoms with Crippen molar-refractivity contribution in [1.82, 2.24) is 24.8 Å². The Morgan fingerprint density at radius 1 is 1.06 bits per heavy atom. The molecule has 0 aromatic heterocycles. The van der Waals surface area contributed by atoms with Gasteiger partial charge in [0.05, 0.1) is 19.8 Å². The molecular weight excluding hydrogens is 396 g/mol. The molecule has 0 radical (unpaired) electrons. The summed E-state index contributed by atoms with van der Waals surface area (Å²) in [7, 11) is 3.07. The number of fused-ring (bicyclic) bond motifs is 1. The van der Waals surface area contributed by atoms with Gasteiger partial charge in [-0.1, -0.05) is 29.8 Å². The maximum Gasteiger partial charge on any atom is 0.421 e. The molecule has 3 amide bonds. The number of hydrogen-bond donors (Lipinski definition) is 2. The molecule has 2 N–H and O–H groups in total. The number of benzene rings is 2. The first kappa shape index (κ1) is 20.2. The number of hydrogen-bond acceptors (Lipinski definition) is 6. The van der Waals surface area contributed by atoms with Gasteiger partial charge in [-0.2, -0.15) is 5.43 Å². The van der Waals surface area contributed by atoms with Crippen LogP contribution in [0.1, 0.15) is 16.7 Å². The predicted molar refractivity (Wildman–Crippen MR) is 117 cm³/mol. The Kier molecular flexibility index (Phi) is 5.19. The van der Waals surface area contributed by atoms with Crippen LogP contribution in [0, 0.1) is 6.92 Å². The maximum atomic E-state index is 12.9. The van der Waals surface area contributed by atoms with E-state index in [0.717, 1.165) is 21.6 Å². The second kappa shape index (κ2) is 7.97. The summed E-state index contributed by atoms with van der Waals surface area (Å²) >= 11 is 0. The molecule has 2 aromatic carbocycles. The number of amidine groups is 1. The van der Waals surface area contributed by atoms with E-state index in [0.29, 0.717) is 18.3 Å². The quantitative estimate of drug-likeness (QED) is 0.435. The van der Waals surface area contributed by atoms with Crippen LogP contribution in [0.25, 0.3) is 0 Å². The third-order valence-corrected chi connectivity index (χ3v) is 5.28. The standard InChI is InChI=1S/C22H22N6O3/c1-14-4-6-16(7-5-14)13-28-18-19(26(2)22(31)27(3)20(18)30)24-21(28)25-23-12-15-8-10-17(29)11-9-15/h4-12,18H,13H2,1-3H3,(H,23,29)/p+1. The smallest absolute Gasteiger partial charge is 0.421 e. The molecule has 2 aliphatic rings. The fourth-order valence-electron chi connectivity index (χ4n) is 3.47. The highest BCUT2D eigenvalue weighted by Gasteiger charge is 2.54. The summed E-state index contributed by atoms with van der Waals surface area (Å²) in [6.07, 6.45) is 1.58. The van der Waals surface area contributed by atoms with Gasteiger partial charge in [-0.25, -0.2) is 19.3 Å². The van der Waals surface area contributed by atoms with E-state index in [-0.39, 0.29) is 11.7 Å². The Labute approximate surface area is 179 Å². The van der Waals surface area contributed by atoms with Gasteiger partial charge in [0.25, 0.3) is 5.91 Å². The van der Waals surface area contributed by atoms with E-state index in [1.54, 1.807) is 42.4 Å². The number of aryl methyl sites for hydroxylation is 1. The van der Waals surface area contributed by atoms with Crippen LogP contribution in [0.2, 0.25) is 0 Å². The first-order valence-electron chi connectivity index (χ1n) is 9.76. The number of rotatable bonds is 4. The van der Waals surface area contributed by atoms with Crippen molar-refractivity contribution < 1.29 is 14.7 Å². The summed E-state index contributed by atoms with van der Waals surface area (Å²) in [5.74, 6) is 0.570. The van der Waals surface area contributed by atoms with Crippen molar-refractivity contribution in [2.24, 2.45) is 5.10 Å². The number of carbonyl (C=O) groups is 2. The number of phenols is 1. The molecule has 158 valence electrons. The lowest BCUT2D eigenvalue weighted by Crippen LogP contribution is -2.63. The minimum Gasteiger partial charge on any atom is -0.508 e. The SMILES string of the molecule is Cc1ccc(CN2C(N/N=C/c3ccc(O)cc3)=[N+]=C3C2C(=O)N(C)C(=O)N3C)cc1. The van der Waals surface area contributed by atoms with E-state index in [4.69, 9.17) is 0 Å². The van der Waals surface area contributed by atoms with Gasteiger partial charge in [0.15, 0.2) is 0 Å². The number of nitrogens with one attached hydrogen (secondary N) is 1. The summed E-state index contributed by atoms with van der Waals surface area (Å²) < 4.78 is 4.52. The van der Waals surface area contributed by atoms with Gasteiger partial charge >= 0.3 is 17.8 Å². The number of aromatic hydroxyl groups is 1. The van der Waals surface area contributed by atoms with E-state index in [9.17, 15) is 14.7 Å². The van der Waals surface area contributed by atoms with Gasteiger partial charge in [0.2, 0.25) is 6.04 Å². The zero-order valence-corrected chi connectivity index (χ0v) is 17.5. The highest BCUT2D eigenvalue weighted by molar-refractivity contribution is 6.23. The van der Waals surface area contributed by atoms with E-state index in [2.05, 4.69) is 15.2 Å². The first-order chi connectivity index (χ1) is 14.8. The summed E-state index contributed by atoms with van der Waals surface area (Å²) in [6, 6.07) is 13.4. The second-order valence-electron chi connectivity index (χ2n) is 7.51. The monoisotopic (exact) mass is 419 g/mol.